The Hall–Kier alpha value is -3.98. The van der Waals surface area contributed by atoms with Gasteiger partial charge in [0.25, 0.3) is 0 Å². The fraction of sp³-hybridized carbons (Fsp3) is 0.368. The number of halogens is 2. The molecule has 0 spiro atoms. The van der Waals surface area contributed by atoms with E-state index in [-0.39, 0.29) is 11.9 Å². The number of aryl methyl sites for hydroxylation is 1. The Morgan fingerprint density at radius 3 is 1.96 bits per heavy atom. The van der Waals surface area contributed by atoms with Gasteiger partial charge >= 0.3 is 0 Å². The van der Waals surface area contributed by atoms with Gasteiger partial charge in [-0.15, -0.1) is 0 Å². The van der Waals surface area contributed by atoms with E-state index in [1.807, 2.05) is 60.7 Å². The molecule has 2 aromatic carbocycles. The summed E-state index contributed by atoms with van der Waals surface area (Å²) in [7, 11) is 3.24. The van der Waals surface area contributed by atoms with Crippen LogP contribution < -0.4 is 20.1 Å². The fourth-order valence-corrected chi connectivity index (χ4v) is 7.35. The Bertz CT molecular complexity index is 1680. The third-order valence-electron chi connectivity index (χ3n) is 9.28. The molecule has 1 saturated carbocycles. The molecule has 48 heavy (non-hydrogen) atoms. The monoisotopic (exact) mass is 686 g/mol. The van der Waals surface area contributed by atoms with Crippen molar-refractivity contribution in [1.29, 1.82) is 0 Å². The van der Waals surface area contributed by atoms with E-state index in [1.54, 1.807) is 14.2 Å². The highest BCUT2D eigenvalue weighted by Gasteiger charge is 2.23. The van der Waals surface area contributed by atoms with Gasteiger partial charge in [-0.25, -0.2) is 9.97 Å². The van der Waals surface area contributed by atoms with Gasteiger partial charge in [-0.2, -0.15) is 0 Å². The van der Waals surface area contributed by atoms with E-state index in [9.17, 15) is 9.59 Å². The maximum Gasteiger partial charge on any atom is 0.220 e. The molecule has 0 unspecified atom stereocenters. The van der Waals surface area contributed by atoms with E-state index in [4.69, 9.17) is 42.6 Å². The molecule has 10 heteroatoms. The van der Waals surface area contributed by atoms with Crippen LogP contribution in [0.4, 0.5) is 0 Å². The molecule has 1 amide bonds. The lowest BCUT2D eigenvalue weighted by atomic mass is 9.97. The molecule has 0 radical (unpaired) electrons. The van der Waals surface area contributed by atoms with Crippen molar-refractivity contribution in [1.82, 2.24) is 20.6 Å². The zero-order valence-corrected chi connectivity index (χ0v) is 28.8. The SMILES string of the molecule is COc1nc(-c2cccc(-c3cccc(-c4ccc(CNC[C@H]5CCC(=O)C5)c(OC)n4)c3Cl)c2Cl)ccc1CCC[C@H]1CCC(=O)N1. The molecule has 1 saturated heterocycles. The van der Waals surface area contributed by atoms with Gasteiger partial charge in [-0.1, -0.05) is 71.7 Å². The molecular formula is C38H40Cl2N4O4. The number of ketones is 1. The van der Waals surface area contributed by atoms with Crippen LogP contribution in [0.1, 0.15) is 56.1 Å². The number of nitrogens with one attached hydrogen (secondary N) is 2. The number of carbonyl (C=O) groups is 2. The number of hydrogen-bond donors (Lipinski definition) is 2. The highest BCUT2D eigenvalue weighted by Crippen LogP contribution is 2.42. The first-order valence-electron chi connectivity index (χ1n) is 16.5. The van der Waals surface area contributed by atoms with Crippen LogP contribution in [0.25, 0.3) is 33.6 Å². The minimum Gasteiger partial charge on any atom is -0.481 e. The predicted octanol–water partition coefficient (Wildman–Crippen LogP) is 7.86. The number of ether oxygens (including phenoxy) is 2. The third kappa shape index (κ3) is 7.67. The summed E-state index contributed by atoms with van der Waals surface area (Å²) in [5.41, 5.74) is 6.44. The lowest BCUT2D eigenvalue weighted by Gasteiger charge is -2.16. The molecule has 1 aliphatic carbocycles. The first-order valence-corrected chi connectivity index (χ1v) is 17.3. The zero-order chi connectivity index (χ0) is 33.6. The largest absolute Gasteiger partial charge is 0.481 e. The van der Waals surface area contributed by atoms with Crippen LogP contribution in [0.2, 0.25) is 10.0 Å². The van der Waals surface area contributed by atoms with Gasteiger partial charge in [0.1, 0.15) is 5.78 Å². The van der Waals surface area contributed by atoms with E-state index in [2.05, 4.69) is 10.6 Å². The molecule has 2 aliphatic rings. The summed E-state index contributed by atoms with van der Waals surface area (Å²) in [5.74, 6) is 1.97. The summed E-state index contributed by atoms with van der Waals surface area (Å²) in [6.07, 6.45) is 6.46. The maximum absolute atomic E-state index is 11.6. The predicted molar refractivity (Wildman–Crippen MR) is 190 cm³/mol. The van der Waals surface area contributed by atoms with Crippen molar-refractivity contribution in [3.8, 4) is 45.4 Å². The topological polar surface area (TPSA) is 102 Å². The molecule has 250 valence electrons. The van der Waals surface area contributed by atoms with Crippen molar-refractivity contribution in [2.45, 2.75) is 64.0 Å². The number of methoxy groups -OCH3 is 2. The van der Waals surface area contributed by atoms with Crippen molar-refractivity contribution in [2.24, 2.45) is 5.92 Å². The van der Waals surface area contributed by atoms with Crippen molar-refractivity contribution >= 4 is 34.9 Å². The van der Waals surface area contributed by atoms with Crippen molar-refractivity contribution < 1.29 is 19.1 Å². The van der Waals surface area contributed by atoms with Crippen LogP contribution >= 0.6 is 23.2 Å². The number of pyridine rings is 2. The van der Waals surface area contributed by atoms with Gasteiger partial charge in [-0.3, -0.25) is 9.59 Å². The Morgan fingerprint density at radius 2 is 1.40 bits per heavy atom. The zero-order valence-electron chi connectivity index (χ0n) is 27.3. The highest BCUT2D eigenvalue weighted by atomic mass is 35.5. The molecule has 6 rings (SSSR count). The molecule has 2 aromatic heterocycles. The average molecular weight is 688 g/mol. The third-order valence-corrected chi connectivity index (χ3v) is 10.1. The van der Waals surface area contributed by atoms with Crippen LogP contribution in [0.5, 0.6) is 11.8 Å². The summed E-state index contributed by atoms with van der Waals surface area (Å²) in [6.45, 7) is 1.39. The minimum absolute atomic E-state index is 0.140. The first kappa shape index (κ1) is 33.9. The summed E-state index contributed by atoms with van der Waals surface area (Å²) < 4.78 is 11.3. The molecular weight excluding hydrogens is 647 g/mol. The lowest BCUT2D eigenvalue weighted by Crippen LogP contribution is -2.25. The normalized spacial score (nSPS) is 17.5. The molecule has 8 nitrogen and oxygen atoms in total. The smallest absolute Gasteiger partial charge is 0.220 e. The van der Waals surface area contributed by atoms with Crippen LogP contribution in [0.15, 0.2) is 60.7 Å². The van der Waals surface area contributed by atoms with Gasteiger partial charge < -0.3 is 20.1 Å². The quantitative estimate of drug-likeness (QED) is 0.148. The number of benzene rings is 2. The molecule has 2 fully saturated rings. The Balaban J connectivity index is 1.20. The second-order valence-electron chi connectivity index (χ2n) is 12.5. The fourth-order valence-electron chi connectivity index (χ4n) is 6.70. The van der Waals surface area contributed by atoms with E-state index in [0.29, 0.717) is 70.7 Å². The van der Waals surface area contributed by atoms with Crippen LogP contribution in [-0.4, -0.2) is 48.5 Å². The maximum atomic E-state index is 11.6. The number of carbonyl (C=O) groups excluding carboxylic acids is 2. The number of hydrogen-bond acceptors (Lipinski definition) is 7. The van der Waals surface area contributed by atoms with E-state index >= 15 is 0 Å². The van der Waals surface area contributed by atoms with Crippen molar-refractivity contribution in [2.75, 3.05) is 20.8 Å². The van der Waals surface area contributed by atoms with Gasteiger partial charge in [0.2, 0.25) is 17.7 Å². The molecule has 1 aliphatic heterocycles. The Kier molecular flexibility index (Phi) is 10.9. The summed E-state index contributed by atoms with van der Waals surface area (Å²) >= 11 is 14.2. The number of Topliss-reactive ketones (excluding diaryl/α,β-unsaturated/α-hetero) is 1. The van der Waals surface area contributed by atoms with Gasteiger partial charge in [0, 0.05) is 65.2 Å². The van der Waals surface area contributed by atoms with E-state index in [0.717, 1.165) is 72.0 Å². The van der Waals surface area contributed by atoms with Gasteiger partial charge in [-0.05, 0) is 56.7 Å². The Morgan fingerprint density at radius 1 is 0.792 bits per heavy atom. The summed E-state index contributed by atoms with van der Waals surface area (Å²) in [5, 5.41) is 7.56. The lowest BCUT2D eigenvalue weighted by molar-refractivity contribution is -0.119. The van der Waals surface area contributed by atoms with E-state index in [1.165, 1.54) is 0 Å². The van der Waals surface area contributed by atoms with Crippen LogP contribution in [0.3, 0.4) is 0 Å². The van der Waals surface area contributed by atoms with Gasteiger partial charge in [0.15, 0.2) is 0 Å². The summed E-state index contributed by atoms with van der Waals surface area (Å²) in [4.78, 5) is 32.8. The first-order chi connectivity index (χ1) is 23.3. The minimum atomic E-state index is 0.140. The number of nitrogens with zero attached hydrogens (tertiary/aromatic N) is 2. The average Bonchev–Trinajstić information content (AvgIpc) is 3.72. The van der Waals surface area contributed by atoms with Crippen LogP contribution in [0, 0.1) is 5.92 Å². The molecule has 2 N–H and O–H groups in total. The van der Waals surface area contributed by atoms with Crippen molar-refractivity contribution in [3.63, 3.8) is 0 Å². The number of rotatable bonds is 13. The number of amides is 1. The van der Waals surface area contributed by atoms with Crippen molar-refractivity contribution in [3.05, 3.63) is 81.8 Å². The number of aromatic nitrogens is 2. The standard InChI is InChI=1S/C38H40Cl2N4O4/c1-47-37-24(6-3-7-26-15-19-34(46)42-26)13-17-32(43-37)30-10-4-8-28(35(30)39)29-9-5-11-31(36(29)40)33-18-14-25(38(44-33)48-2)22-41-21-23-12-16-27(45)20-23/h4-5,8-11,13-14,17-18,23,26,41H,3,6-7,12,15-16,19-22H2,1-2H3,(H,42,46)/t23-,26-/m0/s1. The van der Waals surface area contributed by atoms with Crippen LogP contribution in [-0.2, 0) is 22.6 Å². The highest BCUT2D eigenvalue weighted by molar-refractivity contribution is 6.39. The molecule has 4 aromatic rings. The molecule has 3 heterocycles. The molecule has 2 atom stereocenters. The Labute approximate surface area is 291 Å². The summed E-state index contributed by atoms with van der Waals surface area (Å²) in [6, 6.07) is 19.9. The second-order valence-corrected chi connectivity index (χ2v) is 13.3. The molecule has 0 bridgehead atoms. The van der Waals surface area contributed by atoms with Gasteiger partial charge in [0.05, 0.1) is 35.7 Å². The second kappa shape index (κ2) is 15.5. The van der Waals surface area contributed by atoms with E-state index < -0.39 is 0 Å².